The number of hydrogen-bond donors (Lipinski definition) is 0. The van der Waals surface area contributed by atoms with Gasteiger partial charge in [0.25, 0.3) is 5.91 Å². The van der Waals surface area contributed by atoms with E-state index in [1.54, 1.807) is 32.3 Å². The summed E-state index contributed by atoms with van der Waals surface area (Å²) >= 11 is 0. The summed E-state index contributed by atoms with van der Waals surface area (Å²) in [4.78, 5) is 16.7. The number of benzene rings is 2. The molecular formula is C23H28N2O5. The van der Waals surface area contributed by atoms with Crippen molar-refractivity contribution >= 4 is 5.91 Å². The van der Waals surface area contributed by atoms with Crippen molar-refractivity contribution in [2.24, 2.45) is 0 Å². The van der Waals surface area contributed by atoms with Gasteiger partial charge in [0.05, 0.1) is 21.3 Å². The Labute approximate surface area is 177 Å². The zero-order valence-electron chi connectivity index (χ0n) is 18.2. The monoisotopic (exact) mass is 412 g/mol. The number of rotatable bonds is 5. The molecule has 0 atom stereocenters. The maximum absolute atomic E-state index is 12.7. The first-order valence-corrected chi connectivity index (χ1v) is 10.1. The minimum atomic E-state index is -0.0110. The summed E-state index contributed by atoms with van der Waals surface area (Å²) in [5.41, 5.74) is 3.85. The summed E-state index contributed by atoms with van der Waals surface area (Å²) in [5.74, 6) is 2.84. The van der Waals surface area contributed by atoms with E-state index in [-0.39, 0.29) is 5.91 Å². The predicted molar refractivity (Wildman–Crippen MR) is 113 cm³/mol. The molecule has 30 heavy (non-hydrogen) atoms. The topological polar surface area (TPSA) is 60.5 Å². The molecule has 0 fully saturated rings. The van der Waals surface area contributed by atoms with Crippen molar-refractivity contribution in [1.82, 2.24) is 9.80 Å². The lowest BCUT2D eigenvalue weighted by atomic mass is 9.97. The maximum atomic E-state index is 12.7. The molecule has 2 heterocycles. The lowest BCUT2D eigenvalue weighted by Gasteiger charge is -2.29. The van der Waals surface area contributed by atoms with Crippen LogP contribution in [0.2, 0.25) is 0 Å². The van der Waals surface area contributed by atoms with E-state index in [0.717, 1.165) is 37.1 Å². The Kier molecular flexibility index (Phi) is 5.47. The molecule has 0 aromatic heterocycles. The minimum absolute atomic E-state index is 0.0110. The Morgan fingerprint density at radius 3 is 2.20 bits per heavy atom. The third kappa shape index (κ3) is 3.43. The van der Waals surface area contributed by atoms with Gasteiger partial charge in [-0.05, 0) is 49.2 Å². The van der Waals surface area contributed by atoms with E-state index < -0.39 is 0 Å². The Morgan fingerprint density at radius 2 is 1.50 bits per heavy atom. The predicted octanol–water partition coefficient (Wildman–Crippen LogP) is 3.12. The van der Waals surface area contributed by atoms with Crippen LogP contribution in [0, 0.1) is 0 Å². The van der Waals surface area contributed by atoms with Crippen molar-refractivity contribution in [3.8, 4) is 28.7 Å². The second-order valence-electron chi connectivity index (χ2n) is 7.81. The number of nitrogens with zero attached hydrogens (tertiary/aromatic N) is 2. The van der Waals surface area contributed by atoms with Gasteiger partial charge in [0.2, 0.25) is 5.75 Å². The normalized spacial score (nSPS) is 16.0. The van der Waals surface area contributed by atoms with E-state index >= 15 is 0 Å². The smallest absolute Gasteiger partial charge is 0.254 e. The van der Waals surface area contributed by atoms with Crippen LogP contribution in [0.5, 0.6) is 28.7 Å². The van der Waals surface area contributed by atoms with E-state index in [0.29, 0.717) is 40.9 Å². The van der Waals surface area contributed by atoms with E-state index in [4.69, 9.17) is 18.9 Å². The first-order chi connectivity index (χ1) is 14.5. The molecule has 0 radical (unpaired) electrons. The minimum Gasteiger partial charge on any atom is -0.493 e. The third-order valence-electron chi connectivity index (χ3n) is 5.91. The molecule has 0 spiro atoms. The average molecular weight is 412 g/mol. The summed E-state index contributed by atoms with van der Waals surface area (Å²) in [6.45, 7) is 2.39. The summed E-state index contributed by atoms with van der Waals surface area (Å²) in [5, 5.41) is 0. The maximum Gasteiger partial charge on any atom is 0.254 e. The van der Waals surface area contributed by atoms with Crippen molar-refractivity contribution in [3.63, 3.8) is 0 Å². The number of methoxy groups -OCH3 is 3. The summed E-state index contributed by atoms with van der Waals surface area (Å²) in [6.07, 6.45) is 1.68. The quantitative estimate of drug-likeness (QED) is 0.752. The Balaban J connectivity index is 1.85. The molecule has 7 heteroatoms. The molecule has 0 N–H and O–H groups in total. The van der Waals surface area contributed by atoms with Crippen LogP contribution in [0.25, 0.3) is 0 Å². The fourth-order valence-corrected chi connectivity index (χ4v) is 4.17. The lowest BCUT2D eigenvalue weighted by molar-refractivity contribution is 0.0780. The van der Waals surface area contributed by atoms with Gasteiger partial charge in [0.1, 0.15) is 0 Å². The first kappa shape index (κ1) is 20.3. The summed E-state index contributed by atoms with van der Waals surface area (Å²) in [7, 11) is 8.73. The van der Waals surface area contributed by atoms with Crippen molar-refractivity contribution < 1.29 is 23.7 Å². The van der Waals surface area contributed by atoms with Crippen LogP contribution in [-0.2, 0) is 19.4 Å². The first-order valence-electron chi connectivity index (χ1n) is 10.1. The Hall–Kier alpha value is -2.93. The van der Waals surface area contributed by atoms with Crippen molar-refractivity contribution in [2.75, 3.05) is 48.5 Å². The fourth-order valence-electron chi connectivity index (χ4n) is 4.17. The fraction of sp³-hybridized carbons (Fsp3) is 0.435. The van der Waals surface area contributed by atoms with Crippen molar-refractivity contribution in [1.29, 1.82) is 0 Å². The molecule has 2 aromatic rings. The molecule has 2 aliphatic heterocycles. The van der Waals surface area contributed by atoms with E-state index in [1.807, 2.05) is 19.2 Å². The van der Waals surface area contributed by atoms with E-state index in [2.05, 4.69) is 11.9 Å². The molecule has 0 unspecified atom stereocenters. The van der Waals surface area contributed by atoms with Crippen LogP contribution in [0.4, 0.5) is 0 Å². The number of carbonyl (C=O) groups excluding carboxylic acids is 1. The van der Waals surface area contributed by atoms with Crippen LogP contribution in [0.1, 0.15) is 27.0 Å². The molecule has 4 rings (SSSR count). The van der Waals surface area contributed by atoms with Crippen molar-refractivity contribution in [2.45, 2.75) is 19.4 Å². The molecule has 0 bridgehead atoms. The molecule has 0 aliphatic carbocycles. The van der Waals surface area contributed by atoms with Crippen molar-refractivity contribution in [3.05, 3.63) is 40.5 Å². The van der Waals surface area contributed by atoms with Gasteiger partial charge in [0, 0.05) is 37.8 Å². The molecule has 7 nitrogen and oxygen atoms in total. The van der Waals surface area contributed by atoms with Crippen LogP contribution in [-0.4, -0.2) is 64.2 Å². The highest BCUT2D eigenvalue weighted by Gasteiger charge is 2.28. The van der Waals surface area contributed by atoms with Gasteiger partial charge in [-0.25, -0.2) is 0 Å². The molecular weight excluding hydrogens is 384 g/mol. The molecule has 160 valence electrons. The van der Waals surface area contributed by atoms with Gasteiger partial charge in [-0.2, -0.15) is 0 Å². The van der Waals surface area contributed by atoms with Gasteiger partial charge >= 0.3 is 0 Å². The van der Waals surface area contributed by atoms with Gasteiger partial charge in [-0.1, -0.05) is 0 Å². The van der Waals surface area contributed by atoms with Crippen LogP contribution in [0.15, 0.2) is 18.2 Å². The zero-order chi connectivity index (χ0) is 21.4. The van der Waals surface area contributed by atoms with E-state index in [9.17, 15) is 4.79 Å². The third-order valence-corrected chi connectivity index (χ3v) is 5.91. The zero-order valence-corrected chi connectivity index (χ0v) is 18.2. The number of likely N-dealkylation sites (N-methyl/N-ethyl adjacent to an activating group) is 2. The molecule has 1 amide bonds. The Bertz CT molecular complexity index is 988. The highest BCUT2D eigenvalue weighted by atomic mass is 16.5. The standard InChI is InChI=1S/C23H28N2O5/c1-24-8-6-15-11-20(28-4)22(29-5)21(17(15)13-24)30-19-12-16-14(10-18(19)27-3)7-9-25(2)23(16)26/h10-12H,6-9,13H2,1-5H3. The largest absolute Gasteiger partial charge is 0.493 e. The van der Waals surface area contributed by atoms with Crippen LogP contribution in [0.3, 0.4) is 0 Å². The highest BCUT2D eigenvalue weighted by Crippen LogP contribution is 2.47. The Morgan fingerprint density at radius 1 is 0.800 bits per heavy atom. The number of amides is 1. The van der Waals surface area contributed by atoms with E-state index in [1.165, 1.54) is 5.56 Å². The summed E-state index contributed by atoms with van der Waals surface area (Å²) in [6, 6.07) is 5.71. The molecule has 2 aliphatic rings. The molecule has 0 saturated heterocycles. The SMILES string of the molecule is COc1cc2c(cc1Oc1c3c(cc(OC)c1OC)CCN(C)C3)C(=O)N(C)CC2. The second kappa shape index (κ2) is 8.07. The number of ether oxygens (including phenoxy) is 4. The number of fused-ring (bicyclic) bond motifs is 2. The average Bonchev–Trinajstić information content (AvgIpc) is 2.76. The van der Waals surface area contributed by atoms with Crippen LogP contribution < -0.4 is 18.9 Å². The number of hydrogen-bond acceptors (Lipinski definition) is 6. The van der Waals surface area contributed by atoms with Gasteiger partial charge in [-0.15, -0.1) is 0 Å². The van der Waals surface area contributed by atoms with Gasteiger partial charge < -0.3 is 28.7 Å². The summed E-state index contributed by atoms with van der Waals surface area (Å²) < 4.78 is 23.3. The molecule has 2 aromatic carbocycles. The van der Waals surface area contributed by atoms with Gasteiger partial charge in [0.15, 0.2) is 23.0 Å². The number of carbonyl (C=O) groups is 1. The lowest BCUT2D eigenvalue weighted by Crippen LogP contribution is -2.34. The van der Waals surface area contributed by atoms with Gasteiger partial charge in [-0.3, -0.25) is 4.79 Å². The molecule has 0 saturated carbocycles. The highest BCUT2D eigenvalue weighted by molar-refractivity contribution is 5.97. The second-order valence-corrected chi connectivity index (χ2v) is 7.81. The van der Waals surface area contributed by atoms with Crippen LogP contribution >= 0.6 is 0 Å².